The highest BCUT2D eigenvalue weighted by Crippen LogP contribution is 2.09. The third-order valence-corrected chi connectivity index (χ3v) is 3.04. The lowest BCUT2D eigenvalue weighted by molar-refractivity contribution is 0.00260. The molecule has 1 heterocycles. The lowest BCUT2D eigenvalue weighted by atomic mass is 10.1. The van der Waals surface area contributed by atoms with E-state index in [9.17, 15) is 0 Å². The summed E-state index contributed by atoms with van der Waals surface area (Å²) in [6.07, 6.45) is 2.37. The van der Waals surface area contributed by atoms with Gasteiger partial charge in [-0.3, -0.25) is 0 Å². The molecule has 1 aliphatic rings. The summed E-state index contributed by atoms with van der Waals surface area (Å²) in [5, 5.41) is 0. The topological polar surface area (TPSA) is 46.2 Å². The first-order valence-electron chi connectivity index (χ1n) is 7.66. The van der Waals surface area contributed by atoms with Gasteiger partial charge in [0, 0.05) is 6.42 Å². The summed E-state index contributed by atoms with van der Waals surface area (Å²) in [5.74, 6) is 0.793. The molecule has 1 aromatic rings. The van der Waals surface area contributed by atoms with Crippen molar-refractivity contribution in [1.82, 2.24) is 0 Å². The van der Waals surface area contributed by atoms with E-state index in [2.05, 4.69) is 12.1 Å². The maximum Gasteiger partial charge on any atom is 0.135 e. The summed E-state index contributed by atoms with van der Waals surface area (Å²) < 4.78 is 27.5. The molecule has 0 aromatic heterocycles. The van der Waals surface area contributed by atoms with E-state index >= 15 is 0 Å². The largest absolute Gasteiger partial charge is 0.495 e. The van der Waals surface area contributed by atoms with Crippen LogP contribution in [-0.4, -0.2) is 52.9 Å². The Kier molecular flexibility index (Phi) is 8.45. The van der Waals surface area contributed by atoms with E-state index in [-0.39, 0.29) is 0 Å². The molecule has 0 spiro atoms. The molecule has 22 heavy (non-hydrogen) atoms. The average molecular weight is 308 g/mol. The van der Waals surface area contributed by atoms with Crippen molar-refractivity contribution in [2.24, 2.45) is 0 Å². The Labute approximate surface area is 131 Å². The standard InChI is InChI=1S/C17H24O5/c1-2-4-16(5-3-1)14-17-15-21-11-10-19-7-6-18-8-9-20-12-13-22-17/h1-5,15H,6-14H2. The molecule has 0 unspecified atom stereocenters. The molecule has 1 aliphatic heterocycles. The fourth-order valence-electron chi connectivity index (χ4n) is 1.96. The zero-order valence-electron chi connectivity index (χ0n) is 12.9. The Morgan fingerprint density at radius 2 is 1.27 bits per heavy atom. The van der Waals surface area contributed by atoms with Crippen LogP contribution < -0.4 is 0 Å². The van der Waals surface area contributed by atoms with Gasteiger partial charge in [0.1, 0.15) is 25.2 Å². The lowest BCUT2D eigenvalue weighted by Gasteiger charge is -2.11. The van der Waals surface area contributed by atoms with Gasteiger partial charge in [0.25, 0.3) is 0 Å². The molecule has 0 saturated carbocycles. The smallest absolute Gasteiger partial charge is 0.135 e. The van der Waals surface area contributed by atoms with Crippen LogP contribution in [0.25, 0.3) is 0 Å². The van der Waals surface area contributed by atoms with Gasteiger partial charge in [-0.05, 0) is 5.56 Å². The molecule has 5 heteroatoms. The van der Waals surface area contributed by atoms with Crippen molar-refractivity contribution in [2.75, 3.05) is 52.9 Å². The monoisotopic (exact) mass is 308 g/mol. The van der Waals surface area contributed by atoms with Crippen molar-refractivity contribution in [3.05, 3.63) is 47.9 Å². The van der Waals surface area contributed by atoms with E-state index in [0.29, 0.717) is 59.3 Å². The van der Waals surface area contributed by atoms with E-state index in [1.165, 1.54) is 5.56 Å². The minimum Gasteiger partial charge on any atom is -0.495 e. The predicted molar refractivity (Wildman–Crippen MR) is 82.6 cm³/mol. The average Bonchev–Trinajstić information content (AvgIpc) is 2.56. The number of hydrogen-bond donors (Lipinski definition) is 0. The summed E-state index contributed by atoms with van der Waals surface area (Å²) in [6, 6.07) is 10.2. The molecule has 0 atom stereocenters. The summed E-state index contributed by atoms with van der Waals surface area (Å²) in [5.41, 5.74) is 1.18. The third kappa shape index (κ3) is 7.45. The van der Waals surface area contributed by atoms with E-state index in [0.717, 1.165) is 5.76 Å². The van der Waals surface area contributed by atoms with Crippen LogP contribution in [0.1, 0.15) is 5.56 Å². The quantitative estimate of drug-likeness (QED) is 0.838. The van der Waals surface area contributed by atoms with Crippen LogP contribution in [0.3, 0.4) is 0 Å². The highest BCUT2D eigenvalue weighted by molar-refractivity contribution is 5.19. The van der Waals surface area contributed by atoms with Crippen molar-refractivity contribution in [3.63, 3.8) is 0 Å². The van der Waals surface area contributed by atoms with Gasteiger partial charge in [-0.15, -0.1) is 0 Å². The van der Waals surface area contributed by atoms with Gasteiger partial charge in [0.2, 0.25) is 0 Å². The van der Waals surface area contributed by atoms with Gasteiger partial charge in [0.05, 0.1) is 39.6 Å². The molecule has 122 valence electrons. The summed E-state index contributed by atoms with van der Waals surface area (Å²) in [6.45, 7) is 4.36. The van der Waals surface area contributed by atoms with Crippen LogP contribution in [0.5, 0.6) is 0 Å². The first-order valence-corrected chi connectivity index (χ1v) is 7.66. The molecule has 0 fully saturated rings. The molecule has 0 saturated heterocycles. The molecule has 2 rings (SSSR count). The fourth-order valence-corrected chi connectivity index (χ4v) is 1.96. The van der Waals surface area contributed by atoms with Crippen LogP contribution in [0.15, 0.2) is 42.4 Å². The summed E-state index contributed by atoms with van der Waals surface area (Å²) in [7, 11) is 0. The number of ether oxygens (including phenoxy) is 5. The Hall–Kier alpha value is -1.56. The maximum absolute atomic E-state index is 5.75. The van der Waals surface area contributed by atoms with Gasteiger partial charge < -0.3 is 23.7 Å². The number of benzene rings is 1. The van der Waals surface area contributed by atoms with Crippen molar-refractivity contribution >= 4 is 0 Å². The van der Waals surface area contributed by atoms with Crippen LogP contribution in [-0.2, 0) is 30.1 Å². The van der Waals surface area contributed by atoms with Crippen molar-refractivity contribution in [2.45, 2.75) is 6.42 Å². The highest BCUT2D eigenvalue weighted by Gasteiger charge is 2.03. The molecule has 0 bridgehead atoms. The second kappa shape index (κ2) is 11.1. The first kappa shape index (κ1) is 16.8. The van der Waals surface area contributed by atoms with Gasteiger partial charge in [-0.2, -0.15) is 0 Å². The van der Waals surface area contributed by atoms with E-state index in [4.69, 9.17) is 23.7 Å². The second-order valence-electron chi connectivity index (χ2n) is 4.80. The van der Waals surface area contributed by atoms with Gasteiger partial charge in [-0.1, -0.05) is 30.3 Å². The number of allylic oxidation sites excluding steroid dienone is 1. The van der Waals surface area contributed by atoms with Crippen LogP contribution in [0.2, 0.25) is 0 Å². The van der Waals surface area contributed by atoms with Crippen LogP contribution >= 0.6 is 0 Å². The predicted octanol–water partition coefficient (Wildman–Crippen LogP) is 2.17. The Morgan fingerprint density at radius 3 is 1.95 bits per heavy atom. The molecule has 1 aromatic carbocycles. The van der Waals surface area contributed by atoms with Crippen molar-refractivity contribution in [3.8, 4) is 0 Å². The Bertz CT molecular complexity index is 418. The van der Waals surface area contributed by atoms with E-state index in [1.807, 2.05) is 18.2 Å². The summed E-state index contributed by atoms with van der Waals surface area (Å²) >= 11 is 0. The molecule has 0 aliphatic carbocycles. The molecule has 0 amide bonds. The zero-order chi connectivity index (χ0) is 15.3. The van der Waals surface area contributed by atoms with Gasteiger partial charge >= 0.3 is 0 Å². The second-order valence-corrected chi connectivity index (χ2v) is 4.80. The van der Waals surface area contributed by atoms with Gasteiger partial charge in [0.15, 0.2) is 0 Å². The zero-order valence-corrected chi connectivity index (χ0v) is 12.9. The number of rotatable bonds is 2. The van der Waals surface area contributed by atoms with Gasteiger partial charge in [-0.25, -0.2) is 0 Å². The Balaban J connectivity index is 1.84. The molecular weight excluding hydrogens is 284 g/mol. The minimum absolute atomic E-state index is 0.498. The maximum atomic E-state index is 5.75. The third-order valence-electron chi connectivity index (χ3n) is 3.04. The summed E-state index contributed by atoms with van der Waals surface area (Å²) in [4.78, 5) is 0. The highest BCUT2D eigenvalue weighted by atomic mass is 16.6. The normalized spacial score (nSPS) is 19.0. The number of hydrogen-bond acceptors (Lipinski definition) is 5. The van der Waals surface area contributed by atoms with Crippen molar-refractivity contribution < 1.29 is 23.7 Å². The minimum atomic E-state index is 0.498. The van der Waals surface area contributed by atoms with Crippen LogP contribution in [0.4, 0.5) is 0 Å². The molecule has 0 radical (unpaired) electrons. The van der Waals surface area contributed by atoms with E-state index in [1.54, 1.807) is 6.26 Å². The SMILES string of the molecule is C1=C(Cc2ccccc2)OCCOCCOCCOCCO1. The molecular formula is C17H24O5. The van der Waals surface area contributed by atoms with E-state index < -0.39 is 0 Å². The Morgan fingerprint density at radius 1 is 0.682 bits per heavy atom. The first-order chi connectivity index (χ1) is 10.9. The fraction of sp³-hybridized carbons (Fsp3) is 0.529. The lowest BCUT2D eigenvalue weighted by Crippen LogP contribution is -2.12. The van der Waals surface area contributed by atoms with Crippen molar-refractivity contribution in [1.29, 1.82) is 0 Å². The molecule has 5 nitrogen and oxygen atoms in total. The molecule has 0 N–H and O–H groups in total. The van der Waals surface area contributed by atoms with Crippen LogP contribution in [0, 0.1) is 0 Å².